The Bertz CT molecular complexity index is 906. The van der Waals surface area contributed by atoms with Gasteiger partial charge in [0.2, 0.25) is 0 Å². The molecule has 0 aliphatic heterocycles. The molecule has 0 fully saturated rings. The number of pyridine rings is 1. The number of fused-ring (bicyclic) bond motifs is 1. The van der Waals surface area contributed by atoms with Crippen LogP contribution < -0.4 is 0 Å². The van der Waals surface area contributed by atoms with Crippen molar-refractivity contribution in [2.24, 2.45) is 7.05 Å². The van der Waals surface area contributed by atoms with Crippen molar-refractivity contribution >= 4 is 40.2 Å². The number of aromatic nitrogens is 3. The number of aryl methyl sites for hydroxylation is 2. The first-order valence-electron chi connectivity index (χ1n) is 6.86. The van der Waals surface area contributed by atoms with E-state index in [9.17, 15) is 4.79 Å². The summed E-state index contributed by atoms with van der Waals surface area (Å²) < 4.78 is 6.97. The first-order chi connectivity index (χ1) is 11.0. The summed E-state index contributed by atoms with van der Waals surface area (Å²) in [5, 5.41) is 5.99. The molecule has 2 aromatic heterocycles. The zero-order valence-corrected chi connectivity index (χ0v) is 14.0. The minimum atomic E-state index is -0.450. The van der Waals surface area contributed by atoms with Crippen LogP contribution >= 0.6 is 23.2 Å². The molecule has 118 valence electrons. The molecule has 0 bridgehead atoms. The van der Waals surface area contributed by atoms with E-state index in [0.717, 1.165) is 22.3 Å². The highest BCUT2D eigenvalue weighted by molar-refractivity contribution is 6.42. The number of carbonyl (C=O) groups is 1. The third-order valence-electron chi connectivity index (χ3n) is 3.45. The molecule has 2 heterocycles. The Labute approximate surface area is 142 Å². The zero-order chi connectivity index (χ0) is 16.6. The van der Waals surface area contributed by atoms with Crippen molar-refractivity contribution in [2.75, 3.05) is 0 Å². The first kappa shape index (κ1) is 15.8. The summed E-state index contributed by atoms with van der Waals surface area (Å²) in [5.41, 5.74) is 2.69. The third kappa shape index (κ3) is 3.16. The number of rotatable bonds is 3. The van der Waals surface area contributed by atoms with Crippen LogP contribution in [0.1, 0.15) is 21.6 Å². The highest BCUT2D eigenvalue weighted by atomic mass is 35.5. The number of halogens is 2. The number of hydrogen-bond acceptors (Lipinski definition) is 4. The highest BCUT2D eigenvalue weighted by Crippen LogP contribution is 2.23. The lowest BCUT2D eigenvalue weighted by Crippen LogP contribution is -2.06. The van der Waals surface area contributed by atoms with Crippen molar-refractivity contribution in [1.29, 1.82) is 0 Å². The topological polar surface area (TPSA) is 57.0 Å². The smallest absolute Gasteiger partial charge is 0.340 e. The van der Waals surface area contributed by atoms with Gasteiger partial charge in [-0.1, -0.05) is 29.3 Å². The Morgan fingerprint density at radius 3 is 2.78 bits per heavy atom. The molecule has 1 aromatic carbocycles. The van der Waals surface area contributed by atoms with Crippen LogP contribution in [0.15, 0.2) is 30.5 Å². The fourth-order valence-corrected chi connectivity index (χ4v) is 2.60. The molecule has 0 radical (unpaired) electrons. The molecule has 0 aliphatic rings. The molecule has 3 rings (SSSR count). The highest BCUT2D eigenvalue weighted by Gasteiger charge is 2.13. The molecule has 7 heteroatoms. The Morgan fingerprint density at radius 1 is 1.26 bits per heavy atom. The summed E-state index contributed by atoms with van der Waals surface area (Å²) in [6.07, 6.45) is 1.49. The van der Waals surface area contributed by atoms with E-state index in [0.29, 0.717) is 15.6 Å². The fourth-order valence-electron chi connectivity index (χ4n) is 2.28. The van der Waals surface area contributed by atoms with Crippen LogP contribution in [0.2, 0.25) is 10.0 Å². The molecule has 0 saturated heterocycles. The van der Waals surface area contributed by atoms with Gasteiger partial charge in [0.1, 0.15) is 6.61 Å². The van der Waals surface area contributed by atoms with E-state index in [1.165, 1.54) is 6.20 Å². The Kier molecular flexibility index (Phi) is 4.24. The van der Waals surface area contributed by atoms with Gasteiger partial charge in [-0.15, -0.1) is 0 Å². The van der Waals surface area contributed by atoms with E-state index < -0.39 is 5.97 Å². The Balaban J connectivity index is 1.77. The van der Waals surface area contributed by atoms with Crippen molar-refractivity contribution in [1.82, 2.24) is 14.8 Å². The first-order valence-corrected chi connectivity index (χ1v) is 7.61. The number of carbonyl (C=O) groups excluding carboxylic acids is 1. The maximum absolute atomic E-state index is 12.2. The van der Waals surface area contributed by atoms with E-state index in [1.807, 2.05) is 14.0 Å². The summed E-state index contributed by atoms with van der Waals surface area (Å²) in [5.74, 6) is -0.450. The van der Waals surface area contributed by atoms with E-state index in [4.69, 9.17) is 27.9 Å². The largest absolute Gasteiger partial charge is 0.457 e. The molecule has 0 N–H and O–H groups in total. The predicted molar refractivity (Wildman–Crippen MR) is 88.8 cm³/mol. The summed E-state index contributed by atoms with van der Waals surface area (Å²) in [6.45, 7) is 1.98. The second-order valence-corrected chi connectivity index (χ2v) is 5.94. The number of ether oxygens (including phenoxy) is 1. The number of hydrogen-bond donors (Lipinski definition) is 0. The molecule has 0 spiro atoms. The normalized spacial score (nSPS) is 11.0. The van der Waals surface area contributed by atoms with E-state index in [1.54, 1.807) is 28.9 Å². The molecule has 3 aromatic rings. The molecule has 0 atom stereocenters. The van der Waals surface area contributed by atoms with Crippen LogP contribution in [-0.2, 0) is 18.4 Å². The van der Waals surface area contributed by atoms with Gasteiger partial charge in [-0.3, -0.25) is 4.68 Å². The summed E-state index contributed by atoms with van der Waals surface area (Å²) in [7, 11) is 1.81. The second-order valence-electron chi connectivity index (χ2n) is 5.13. The maximum Gasteiger partial charge on any atom is 0.340 e. The molecular weight excluding hydrogens is 337 g/mol. The maximum atomic E-state index is 12.2. The van der Waals surface area contributed by atoms with Gasteiger partial charge in [-0.25, -0.2) is 9.78 Å². The van der Waals surface area contributed by atoms with Gasteiger partial charge in [0, 0.05) is 18.6 Å². The number of esters is 1. The predicted octanol–water partition coefficient (Wildman–Crippen LogP) is 3.94. The van der Waals surface area contributed by atoms with Gasteiger partial charge in [-0.2, -0.15) is 5.10 Å². The lowest BCUT2D eigenvalue weighted by atomic mass is 10.2. The average molecular weight is 350 g/mol. The van der Waals surface area contributed by atoms with Gasteiger partial charge in [-0.05, 0) is 30.7 Å². The summed E-state index contributed by atoms with van der Waals surface area (Å²) in [6, 6.07) is 6.83. The van der Waals surface area contributed by atoms with Crippen molar-refractivity contribution in [2.45, 2.75) is 13.5 Å². The number of benzene rings is 1. The van der Waals surface area contributed by atoms with Crippen LogP contribution in [0, 0.1) is 6.92 Å². The quantitative estimate of drug-likeness (QED) is 0.672. The van der Waals surface area contributed by atoms with Crippen molar-refractivity contribution < 1.29 is 9.53 Å². The van der Waals surface area contributed by atoms with Crippen LogP contribution in [0.5, 0.6) is 0 Å². The second kappa shape index (κ2) is 6.18. The van der Waals surface area contributed by atoms with Crippen molar-refractivity contribution in [3.8, 4) is 0 Å². The van der Waals surface area contributed by atoms with Crippen molar-refractivity contribution in [3.05, 3.63) is 57.3 Å². The van der Waals surface area contributed by atoms with Gasteiger partial charge in [0.15, 0.2) is 5.65 Å². The standard InChI is InChI=1S/C16H13Cl2N3O2/c1-9-12-6-11(7-19-15(12)21(2)20-9)16(22)23-8-10-3-4-13(17)14(18)5-10/h3-7H,8H2,1-2H3. The van der Waals surface area contributed by atoms with Crippen LogP contribution in [0.4, 0.5) is 0 Å². The minimum Gasteiger partial charge on any atom is -0.457 e. The minimum absolute atomic E-state index is 0.111. The molecular formula is C16H13Cl2N3O2. The Hall–Kier alpha value is -2.11. The van der Waals surface area contributed by atoms with Gasteiger partial charge >= 0.3 is 5.97 Å². The van der Waals surface area contributed by atoms with Crippen LogP contribution in [-0.4, -0.2) is 20.7 Å². The van der Waals surface area contributed by atoms with Gasteiger partial charge < -0.3 is 4.74 Å². The van der Waals surface area contributed by atoms with E-state index in [2.05, 4.69) is 10.1 Å². The zero-order valence-electron chi connectivity index (χ0n) is 12.5. The van der Waals surface area contributed by atoms with E-state index in [-0.39, 0.29) is 6.61 Å². The fraction of sp³-hybridized carbons (Fsp3) is 0.188. The Morgan fingerprint density at radius 2 is 2.04 bits per heavy atom. The molecule has 0 aliphatic carbocycles. The molecule has 0 amide bonds. The van der Waals surface area contributed by atoms with E-state index >= 15 is 0 Å². The SMILES string of the molecule is Cc1nn(C)c2ncc(C(=O)OCc3ccc(Cl)c(Cl)c3)cc12. The monoisotopic (exact) mass is 349 g/mol. The molecule has 0 saturated carbocycles. The number of nitrogens with zero attached hydrogens (tertiary/aromatic N) is 3. The van der Waals surface area contributed by atoms with Crippen LogP contribution in [0.25, 0.3) is 11.0 Å². The summed E-state index contributed by atoms with van der Waals surface area (Å²) in [4.78, 5) is 16.4. The molecule has 23 heavy (non-hydrogen) atoms. The summed E-state index contributed by atoms with van der Waals surface area (Å²) >= 11 is 11.8. The lowest BCUT2D eigenvalue weighted by Gasteiger charge is -2.06. The van der Waals surface area contributed by atoms with Crippen LogP contribution in [0.3, 0.4) is 0 Å². The average Bonchev–Trinajstić information content (AvgIpc) is 2.82. The van der Waals surface area contributed by atoms with Gasteiger partial charge in [0.25, 0.3) is 0 Å². The lowest BCUT2D eigenvalue weighted by molar-refractivity contribution is 0.0472. The molecule has 0 unspecified atom stereocenters. The molecule has 5 nitrogen and oxygen atoms in total. The van der Waals surface area contributed by atoms with Gasteiger partial charge in [0.05, 0.1) is 21.3 Å². The third-order valence-corrected chi connectivity index (χ3v) is 4.19. The van der Waals surface area contributed by atoms with Crippen molar-refractivity contribution in [3.63, 3.8) is 0 Å².